The second-order valence-electron chi connectivity index (χ2n) is 3.57. The van der Waals surface area contributed by atoms with Crippen molar-refractivity contribution in [2.24, 2.45) is 0 Å². The molecule has 0 rings (SSSR count). The van der Waals surface area contributed by atoms with Gasteiger partial charge in [-0.25, -0.2) is 4.57 Å². The maximum atomic E-state index is 8.88. The van der Waals surface area contributed by atoms with E-state index in [-0.39, 0.29) is 0 Å². The molecule has 0 aromatic rings. The Morgan fingerprint density at radius 2 is 0.783 bits per heavy atom. The molecule has 0 fully saturated rings. The zero-order valence-electron chi connectivity index (χ0n) is 12.4. The van der Waals surface area contributed by atoms with E-state index in [4.69, 9.17) is 69.4 Å². The molecule has 6 N–H and O–H groups in total. The van der Waals surface area contributed by atoms with E-state index in [1.165, 1.54) is 0 Å². The molecule has 0 aliphatic rings. The Morgan fingerprint density at radius 1 is 0.739 bits per heavy atom. The van der Waals surface area contributed by atoms with Crippen LogP contribution in [0.15, 0.2) is 0 Å². The lowest BCUT2D eigenvalue weighted by Crippen LogP contribution is -2.05. The van der Waals surface area contributed by atoms with Gasteiger partial charge in [-0.15, -0.1) is 0 Å². The molecule has 0 radical (unpaired) electrons. The first-order chi connectivity index (χ1) is 9.68. The van der Waals surface area contributed by atoms with E-state index in [1.54, 1.807) is 20.8 Å². The van der Waals surface area contributed by atoms with Gasteiger partial charge in [-0.05, 0) is 67.1 Å². The van der Waals surface area contributed by atoms with E-state index >= 15 is 0 Å². The van der Waals surface area contributed by atoms with E-state index < -0.39 is 19.7 Å². The third kappa shape index (κ3) is 94.6. The lowest BCUT2D eigenvalue weighted by Gasteiger charge is -2.05. The predicted molar refractivity (Wildman–Crippen MR) is 104 cm³/mol. The van der Waals surface area contributed by atoms with Crippen LogP contribution in [0.1, 0.15) is 40.0 Å². The van der Waals surface area contributed by atoms with E-state index in [0.29, 0.717) is 19.3 Å². The van der Waals surface area contributed by atoms with Crippen molar-refractivity contribution in [3.63, 3.8) is 0 Å². The van der Waals surface area contributed by atoms with Crippen LogP contribution in [-0.4, -0.2) is 41.9 Å². The molecule has 0 aromatic carbocycles. The summed E-state index contributed by atoms with van der Waals surface area (Å²) in [7, 11) is -4.64. The lowest BCUT2D eigenvalue weighted by molar-refractivity contribution is 0.225. The zero-order chi connectivity index (χ0) is 20.1. The normalized spacial score (nSPS) is 18.2. The van der Waals surface area contributed by atoms with E-state index in [0.717, 1.165) is 0 Å². The van der Waals surface area contributed by atoms with Crippen LogP contribution in [0.4, 0.5) is 0 Å². The van der Waals surface area contributed by atoms with E-state index in [9.17, 15) is 0 Å². The van der Waals surface area contributed by atoms with Gasteiger partial charge in [0.15, 0.2) is 11.9 Å². The quantitative estimate of drug-likeness (QED) is 0.207. The molecule has 146 valence electrons. The van der Waals surface area contributed by atoms with Gasteiger partial charge in [0.2, 0.25) is 0 Å². The van der Waals surface area contributed by atoms with Crippen molar-refractivity contribution in [3.8, 4) is 0 Å². The summed E-state index contributed by atoms with van der Waals surface area (Å²) >= 11 is 24.0. The van der Waals surface area contributed by atoms with Gasteiger partial charge < -0.3 is 30.0 Å². The van der Waals surface area contributed by atoms with Crippen LogP contribution in [-0.2, 0) is 4.57 Å². The molecule has 0 saturated heterocycles. The standard InChI is InChI=1S/3C3H6BrClO.H3O4P/c3*1-2-3(4,5)6;1-5(2,3)4/h3*6H,2H2,1H3;(H3,1,2,3,4). The topological polar surface area (TPSA) is 138 Å². The maximum Gasteiger partial charge on any atom is 0.466 e. The number of halogens is 6. The fraction of sp³-hybridized carbons (Fsp3) is 1.00. The number of hydrogen-bond acceptors (Lipinski definition) is 4. The molecule has 7 nitrogen and oxygen atoms in total. The van der Waals surface area contributed by atoms with Gasteiger partial charge in [-0.1, -0.05) is 55.6 Å². The average molecular weight is 618 g/mol. The van der Waals surface area contributed by atoms with Crippen molar-refractivity contribution in [2.75, 3.05) is 0 Å². The summed E-state index contributed by atoms with van der Waals surface area (Å²) in [5, 5.41) is 25.5. The third-order valence-electron chi connectivity index (χ3n) is 1.28. The highest BCUT2D eigenvalue weighted by atomic mass is 79.9. The first kappa shape index (κ1) is 32.9. The van der Waals surface area contributed by atoms with Crippen molar-refractivity contribution >= 4 is 90.4 Å². The molecule has 0 aliphatic heterocycles. The van der Waals surface area contributed by atoms with Crippen LogP contribution in [0.5, 0.6) is 0 Å². The highest BCUT2D eigenvalue weighted by Crippen LogP contribution is 2.26. The molecule has 0 saturated carbocycles. The summed E-state index contributed by atoms with van der Waals surface area (Å²) in [6.07, 6.45) is 1.53. The molecule has 0 spiro atoms. The minimum atomic E-state index is -4.64. The number of aliphatic hydroxyl groups is 3. The number of phosphoric acid groups is 1. The second kappa shape index (κ2) is 15.4. The number of rotatable bonds is 3. The SMILES string of the molecule is CCC(O)(Cl)Br.CCC(O)(Cl)Br.CCC(O)(Cl)Br.O=P(O)(O)O. The summed E-state index contributed by atoms with van der Waals surface area (Å²) in [4.78, 5) is 21.6. The average Bonchev–Trinajstić information content (AvgIpc) is 2.25. The van der Waals surface area contributed by atoms with Gasteiger partial charge in [0.05, 0.1) is 0 Å². The van der Waals surface area contributed by atoms with Crippen molar-refractivity contribution in [1.82, 2.24) is 0 Å². The Balaban J connectivity index is -0.000000105. The summed E-state index contributed by atoms with van der Waals surface area (Å²) < 4.78 is 5.36. The molecule has 0 aromatic heterocycles. The highest BCUT2D eigenvalue weighted by Gasteiger charge is 2.13. The smallest absolute Gasteiger partial charge is 0.366 e. The predicted octanol–water partition coefficient (Wildman–Crippen LogP) is 4.10. The summed E-state index contributed by atoms with van der Waals surface area (Å²) in [6.45, 7) is 5.34. The van der Waals surface area contributed by atoms with Gasteiger partial charge in [0, 0.05) is 0 Å². The van der Waals surface area contributed by atoms with Gasteiger partial charge in [-0.3, -0.25) is 0 Å². The van der Waals surface area contributed by atoms with Gasteiger partial charge in [-0.2, -0.15) is 0 Å². The number of alkyl halides is 6. The van der Waals surface area contributed by atoms with Gasteiger partial charge in [0.1, 0.15) is 0 Å². The largest absolute Gasteiger partial charge is 0.466 e. The Hall–Kier alpha value is 2.30. The maximum absolute atomic E-state index is 8.88. The molecule has 3 unspecified atom stereocenters. The van der Waals surface area contributed by atoms with E-state index in [1.807, 2.05) is 0 Å². The molecule has 0 amide bonds. The van der Waals surface area contributed by atoms with Crippen LogP contribution < -0.4 is 0 Å². The molecule has 23 heavy (non-hydrogen) atoms. The first-order valence-corrected chi connectivity index (χ1v) is 10.8. The minimum Gasteiger partial charge on any atom is -0.366 e. The fourth-order valence-electron chi connectivity index (χ4n) is 0. The summed E-state index contributed by atoms with van der Waals surface area (Å²) in [6, 6.07) is 0. The molecule has 3 atom stereocenters. The molecule has 0 heterocycles. The lowest BCUT2D eigenvalue weighted by atomic mass is 10.5. The molecule has 0 bridgehead atoms. The van der Waals surface area contributed by atoms with Crippen LogP contribution >= 0.6 is 90.4 Å². The number of hydrogen-bond donors (Lipinski definition) is 6. The summed E-state index contributed by atoms with van der Waals surface area (Å²) in [5.74, 6) is 0. The Morgan fingerprint density at radius 3 is 0.783 bits per heavy atom. The van der Waals surface area contributed by atoms with Crippen LogP contribution in [0.2, 0.25) is 0 Å². The summed E-state index contributed by atoms with van der Waals surface area (Å²) in [5.41, 5.74) is 0. The van der Waals surface area contributed by atoms with Crippen molar-refractivity contribution in [3.05, 3.63) is 0 Å². The van der Waals surface area contributed by atoms with E-state index in [2.05, 4.69) is 47.8 Å². The Labute approximate surface area is 176 Å². The zero-order valence-corrected chi connectivity index (χ0v) is 20.3. The fourth-order valence-corrected chi connectivity index (χ4v) is 0. The van der Waals surface area contributed by atoms with Crippen LogP contribution in [0.25, 0.3) is 0 Å². The monoisotopic (exact) mass is 614 g/mol. The van der Waals surface area contributed by atoms with Crippen LogP contribution in [0.3, 0.4) is 0 Å². The van der Waals surface area contributed by atoms with Crippen molar-refractivity contribution in [2.45, 2.75) is 51.9 Å². The van der Waals surface area contributed by atoms with Crippen molar-refractivity contribution < 1.29 is 34.6 Å². The minimum absolute atomic E-state index is 0.508. The molecule has 14 heteroatoms. The van der Waals surface area contributed by atoms with Crippen molar-refractivity contribution in [1.29, 1.82) is 0 Å². The van der Waals surface area contributed by atoms with Crippen LogP contribution in [0, 0.1) is 0 Å². The Kier molecular flexibility index (Phi) is 22.0. The third-order valence-corrected chi connectivity index (χ3v) is 3.76. The molecular weight excluding hydrogens is 597 g/mol. The second-order valence-corrected chi connectivity index (χ2v) is 11.8. The van der Waals surface area contributed by atoms with Gasteiger partial charge >= 0.3 is 7.82 Å². The molecular formula is C9H21Br3Cl3O7P. The first-order valence-electron chi connectivity index (χ1n) is 5.77. The van der Waals surface area contributed by atoms with Gasteiger partial charge in [0.25, 0.3) is 0 Å². The molecule has 0 aliphatic carbocycles. The highest BCUT2D eigenvalue weighted by molar-refractivity contribution is 9.10. The Bertz CT molecular complexity index is 271.